The normalized spacial score (nSPS) is 22.0. The zero-order valence-corrected chi connectivity index (χ0v) is 34.8. The number of hydrogen-bond acceptors (Lipinski definition) is 8. The molecule has 0 aromatic carbocycles. The van der Waals surface area contributed by atoms with Crippen molar-refractivity contribution >= 4 is 5.91 Å². The van der Waals surface area contributed by atoms with Crippen LogP contribution in [0.2, 0.25) is 0 Å². The summed E-state index contributed by atoms with van der Waals surface area (Å²) in [7, 11) is 0. The lowest BCUT2D eigenvalue weighted by Gasteiger charge is -2.40. The van der Waals surface area contributed by atoms with Gasteiger partial charge in [0.15, 0.2) is 6.29 Å². The highest BCUT2D eigenvalue weighted by Gasteiger charge is 2.44. The number of hydrogen-bond donors (Lipinski definition) is 6. The number of aliphatic hydroxyl groups is 5. The summed E-state index contributed by atoms with van der Waals surface area (Å²) < 4.78 is 11.2. The standard InChI is InChI=1S/C47H79NO8/c1-3-5-7-9-11-13-15-17-19-20-21-22-23-25-27-29-31-33-35-37-43(51)48-40(39-55-47-46(54)45(53)44(52)42(38-49)56-47)41(50)36-34-32-30-28-26-24-18-16-14-12-10-8-6-4-2/h5,7,11,13-14,16-17,19,21-22,26,28,34,36,40-42,44-47,49-50,52-54H,3-4,6,8-10,12,15,18,20,23-25,27,29-33,35,37-39H2,1-2H3,(H,48,51)/b7-5-,13-11-,16-14+,19-17-,22-21-,28-26+,36-34+. The van der Waals surface area contributed by atoms with Crippen LogP contribution < -0.4 is 5.32 Å². The molecule has 56 heavy (non-hydrogen) atoms. The Morgan fingerprint density at radius 2 is 1.12 bits per heavy atom. The highest BCUT2D eigenvalue weighted by Crippen LogP contribution is 2.22. The van der Waals surface area contributed by atoms with Crippen LogP contribution in [0.25, 0.3) is 0 Å². The molecule has 1 aliphatic rings. The van der Waals surface area contributed by atoms with E-state index in [9.17, 15) is 30.3 Å². The Kier molecular flexibility index (Phi) is 33.7. The Hall–Kier alpha value is -2.63. The molecule has 7 atom stereocenters. The van der Waals surface area contributed by atoms with Crippen molar-refractivity contribution in [2.75, 3.05) is 13.2 Å². The predicted octanol–water partition coefficient (Wildman–Crippen LogP) is 8.77. The lowest BCUT2D eigenvalue weighted by Crippen LogP contribution is -2.60. The van der Waals surface area contributed by atoms with Gasteiger partial charge in [0.05, 0.1) is 25.4 Å². The number of amides is 1. The van der Waals surface area contributed by atoms with Crippen molar-refractivity contribution in [3.63, 3.8) is 0 Å². The van der Waals surface area contributed by atoms with E-state index in [1.54, 1.807) is 6.08 Å². The lowest BCUT2D eigenvalue weighted by atomic mass is 9.99. The van der Waals surface area contributed by atoms with E-state index in [-0.39, 0.29) is 12.5 Å². The first-order valence-electron chi connectivity index (χ1n) is 21.8. The van der Waals surface area contributed by atoms with E-state index in [0.717, 1.165) is 103 Å². The van der Waals surface area contributed by atoms with Crippen LogP contribution in [0.5, 0.6) is 0 Å². The molecule has 9 heteroatoms. The van der Waals surface area contributed by atoms with Crippen molar-refractivity contribution in [2.45, 2.75) is 192 Å². The lowest BCUT2D eigenvalue weighted by molar-refractivity contribution is -0.302. The number of carbonyl (C=O) groups is 1. The molecule has 0 aromatic heterocycles. The summed E-state index contributed by atoms with van der Waals surface area (Å²) in [4.78, 5) is 12.9. The second kappa shape index (κ2) is 36.7. The number of carbonyl (C=O) groups excluding carboxylic acids is 1. The van der Waals surface area contributed by atoms with Gasteiger partial charge in [-0.05, 0) is 83.5 Å². The molecule has 1 heterocycles. The molecule has 1 aliphatic heterocycles. The van der Waals surface area contributed by atoms with Crippen molar-refractivity contribution < 1.29 is 39.8 Å². The molecule has 0 spiro atoms. The van der Waals surface area contributed by atoms with Crippen LogP contribution in [-0.2, 0) is 14.3 Å². The summed E-state index contributed by atoms with van der Waals surface area (Å²) in [6, 6.07) is -0.839. The fourth-order valence-corrected chi connectivity index (χ4v) is 6.18. The monoisotopic (exact) mass is 786 g/mol. The molecule has 1 fully saturated rings. The average Bonchev–Trinajstić information content (AvgIpc) is 3.20. The first kappa shape index (κ1) is 51.4. The van der Waals surface area contributed by atoms with Crippen LogP contribution in [0.1, 0.15) is 149 Å². The number of allylic oxidation sites excluding steroid dienone is 13. The summed E-state index contributed by atoms with van der Waals surface area (Å²) in [5.74, 6) is -0.211. The van der Waals surface area contributed by atoms with E-state index in [4.69, 9.17) is 9.47 Å². The Morgan fingerprint density at radius 3 is 1.71 bits per heavy atom. The zero-order chi connectivity index (χ0) is 40.9. The summed E-state index contributed by atoms with van der Waals surface area (Å²) in [6.07, 6.45) is 43.3. The number of unbranched alkanes of at least 4 members (excludes halogenated alkanes) is 12. The van der Waals surface area contributed by atoms with Crippen molar-refractivity contribution in [3.8, 4) is 0 Å². The first-order valence-corrected chi connectivity index (χ1v) is 21.8. The third-order valence-electron chi connectivity index (χ3n) is 9.68. The predicted molar refractivity (Wildman–Crippen MR) is 230 cm³/mol. The fraction of sp³-hybridized carbons (Fsp3) is 0.681. The second-order valence-electron chi connectivity index (χ2n) is 14.7. The van der Waals surface area contributed by atoms with Gasteiger partial charge in [-0.15, -0.1) is 0 Å². The van der Waals surface area contributed by atoms with Crippen molar-refractivity contribution in [3.05, 3.63) is 85.1 Å². The van der Waals surface area contributed by atoms with E-state index >= 15 is 0 Å². The maximum atomic E-state index is 12.9. The van der Waals surface area contributed by atoms with Gasteiger partial charge in [0.25, 0.3) is 0 Å². The molecular weight excluding hydrogens is 707 g/mol. The Balaban J connectivity index is 2.43. The average molecular weight is 786 g/mol. The van der Waals surface area contributed by atoms with Crippen LogP contribution in [0.15, 0.2) is 85.1 Å². The van der Waals surface area contributed by atoms with E-state index in [1.807, 2.05) is 6.08 Å². The fourth-order valence-electron chi connectivity index (χ4n) is 6.18. The molecule has 0 aromatic rings. The van der Waals surface area contributed by atoms with Crippen LogP contribution in [-0.4, -0.2) is 87.5 Å². The molecule has 0 saturated carbocycles. The Labute approximate surface area is 340 Å². The molecule has 0 radical (unpaired) electrons. The minimum Gasteiger partial charge on any atom is -0.394 e. The molecule has 7 unspecified atom stereocenters. The highest BCUT2D eigenvalue weighted by molar-refractivity contribution is 5.76. The quantitative estimate of drug-likeness (QED) is 0.0280. The van der Waals surface area contributed by atoms with Crippen LogP contribution >= 0.6 is 0 Å². The minimum absolute atomic E-state index is 0.211. The molecule has 0 aliphatic carbocycles. The third kappa shape index (κ3) is 27.1. The van der Waals surface area contributed by atoms with Gasteiger partial charge in [-0.25, -0.2) is 0 Å². The number of rotatable bonds is 34. The highest BCUT2D eigenvalue weighted by atomic mass is 16.7. The van der Waals surface area contributed by atoms with Crippen molar-refractivity contribution in [1.29, 1.82) is 0 Å². The maximum absolute atomic E-state index is 12.9. The number of aliphatic hydroxyl groups excluding tert-OH is 5. The maximum Gasteiger partial charge on any atom is 0.220 e. The zero-order valence-electron chi connectivity index (χ0n) is 34.8. The van der Waals surface area contributed by atoms with Gasteiger partial charge in [0, 0.05) is 6.42 Å². The molecule has 9 nitrogen and oxygen atoms in total. The van der Waals surface area contributed by atoms with E-state index in [0.29, 0.717) is 6.42 Å². The van der Waals surface area contributed by atoms with Gasteiger partial charge in [0.1, 0.15) is 24.4 Å². The Bertz CT molecular complexity index is 1140. The topological polar surface area (TPSA) is 149 Å². The van der Waals surface area contributed by atoms with E-state index in [2.05, 4.69) is 92.1 Å². The summed E-state index contributed by atoms with van der Waals surface area (Å²) in [5, 5.41) is 54.1. The van der Waals surface area contributed by atoms with Gasteiger partial charge in [-0.2, -0.15) is 0 Å². The van der Waals surface area contributed by atoms with Gasteiger partial charge in [0.2, 0.25) is 5.91 Å². The second-order valence-corrected chi connectivity index (χ2v) is 14.7. The van der Waals surface area contributed by atoms with E-state index in [1.165, 1.54) is 25.7 Å². The SMILES string of the molecule is CC/C=C\C/C=C\C/C=C\C/C=C\CCCCCCCCC(=O)NC(COC1OC(CO)C(O)C(O)C1O)C(O)/C=C/CC/C=C/CC/C=C/CCCCCC. The summed E-state index contributed by atoms with van der Waals surface area (Å²) in [6.45, 7) is 3.58. The molecule has 6 N–H and O–H groups in total. The minimum atomic E-state index is -1.58. The molecule has 320 valence electrons. The largest absolute Gasteiger partial charge is 0.394 e. The van der Waals surface area contributed by atoms with Crippen LogP contribution in [0.4, 0.5) is 0 Å². The van der Waals surface area contributed by atoms with Crippen LogP contribution in [0, 0.1) is 0 Å². The summed E-state index contributed by atoms with van der Waals surface area (Å²) >= 11 is 0. The molecule has 0 bridgehead atoms. The van der Waals surface area contributed by atoms with Crippen molar-refractivity contribution in [2.24, 2.45) is 0 Å². The van der Waals surface area contributed by atoms with Crippen LogP contribution in [0.3, 0.4) is 0 Å². The van der Waals surface area contributed by atoms with Gasteiger partial charge < -0.3 is 40.3 Å². The molecule has 1 amide bonds. The molecule has 1 saturated heterocycles. The first-order chi connectivity index (χ1) is 27.3. The smallest absolute Gasteiger partial charge is 0.220 e. The summed E-state index contributed by atoms with van der Waals surface area (Å²) in [5.41, 5.74) is 0. The van der Waals surface area contributed by atoms with Gasteiger partial charge >= 0.3 is 0 Å². The number of ether oxygens (including phenoxy) is 2. The van der Waals surface area contributed by atoms with Gasteiger partial charge in [-0.1, -0.05) is 144 Å². The Morgan fingerprint density at radius 1 is 0.625 bits per heavy atom. The van der Waals surface area contributed by atoms with E-state index < -0.39 is 49.5 Å². The van der Waals surface area contributed by atoms with Gasteiger partial charge in [-0.3, -0.25) is 4.79 Å². The third-order valence-corrected chi connectivity index (χ3v) is 9.68. The molecule has 1 rings (SSSR count). The van der Waals surface area contributed by atoms with Crippen molar-refractivity contribution in [1.82, 2.24) is 5.32 Å². The molecular formula is C47H79NO8. The number of nitrogens with one attached hydrogen (secondary N) is 1.